The van der Waals surface area contributed by atoms with Gasteiger partial charge in [-0.1, -0.05) is 17.7 Å². The van der Waals surface area contributed by atoms with Crippen LogP contribution in [0.4, 0.5) is 5.69 Å². The van der Waals surface area contributed by atoms with Gasteiger partial charge in [-0.15, -0.1) is 0 Å². The molecule has 0 unspecified atom stereocenters. The van der Waals surface area contributed by atoms with E-state index in [9.17, 15) is 18.0 Å². The number of anilines is 1. The molecule has 28 heavy (non-hydrogen) atoms. The van der Waals surface area contributed by atoms with E-state index in [4.69, 9.17) is 16.3 Å². The largest absolute Gasteiger partial charge is 0.461 e. The molecule has 1 aromatic heterocycles. The minimum absolute atomic E-state index is 0.0667. The van der Waals surface area contributed by atoms with E-state index in [0.717, 1.165) is 5.56 Å². The first-order valence-corrected chi connectivity index (χ1v) is 10.4. The summed E-state index contributed by atoms with van der Waals surface area (Å²) in [5.41, 5.74) is 1.42. The van der Waals surface area contributed by atoms with Crippen LogP contribution in [0.25, 0.3) is 0 Å². The highest BCUT2D eigenvalue weighted by atomic mass is 35.5. The molecule has 0 bridgehead atoms. The number of amides is 1. The van der Waals surface area contributed by atoms with Crippen LogP contribution in [0, 0.1) is 6.92 Å². The number of nitrogens with one attached hydrogen (secondary N) is 2. The molecule has 0 aliphatic carbocycles. The molecule has 152 valence electrons. The molecule has 0 radical (unpaired) electrons. The number of aryl methyl sites for hydroxylation is 1. The lowest BCUT2D eigenvalue weighted by Gasteiger charge is -2.10. The summed E-state index contributed by atoms with van der Waals surface area (Å²) in [4.78, 5) is 23.8. The normalized spacial score (nSPS) is 11.3. The van der Waals surface area contributed by atoms with Gasteiger partial charge in [0.1, 0.15) is 10.6 Å². The summed E-state index contributed by atoms with van der Waals surface area (Å²) in [7, 11) is -2.33. The Morgan fingerprint density at radius 2 is 2.00 bits per heavy atom. The average Bonchev–Trinajstić information content (AvgIpc) is 3.02. The number of rotatable bonds is 8. The van der Waals surface area contributed by atoms with Crippen molar-refractivity contribution in [1.82, 2.24) is 9.29 Å². The van der Waals surface area contributed by atoms with Crippen LogP contribution in [-0.2, 0) is 26.6 Å². The Bertz CT molecular complexity index is 985. The highest BCUT2D eigenvalue weighted by Gasteiger charge is 2.21. The number of esters is 1. The molecule has 0 fully saturated rings. The highest BCUT2D eigenvalue weighted by Crippen LogP contribution is 2.23. The molecule has 0 saturated heterocycles. The maximum atomic E-state index is 12.4. The van der Waals surface area contributed by atoms with Crippen molar-refractivity contribution in [2.75, 3.05) is 18.5 Å². The highest BCUT2D eigenvalue weighted by molar-refractivity contribution is 7.89. The summed E-state index contributed by atoms with van der Waals surface area (Å²) in [6.45, 7) is 3.52. The fraction of sp³-hybridized carbons (Fsp3) is 0.333. The maximum absolute atomic E-state index is 12.4. The molecule has 0 atom stereocenters. The van der Waals surface area contributed by atoms with E-state index < -0.39 is 16.0 Å². The first-order valence-electron chi connectivity index (χ1n) is 8.53. The van der Waals surface area contributed by atoms with Crippen LogP contribution in [0.3, 0.4) is 0 Å². The van der Waals surface area contributed by atoms with Gasteiger partial charge in [-0.25, -0.2) is 17.9 Å². The van der Waals surface area contributed by atoms with Crippen molar-refractivity contribution in [3.63, 3.8) is 0 Å². The molecule has 8 nitrogen and oxygen atoms in total. The lowest BCUT2D eigenvalue weighted by atomic mass is 10.2. The van der Waals surface area contributed by atoms with E-state index in [2.05, 4.69) is 10.0 Å². The molecule has 2 rings (SSSR count). The zero-order valence-electron chi connectivity index (χ0n) is 15.8. The van der Waals surface area contributed by atoms with Gasteiger partial charge in [0.2, 0.25) is 15.9 Å². The van der Waals surface area contributed by atoms with Crippen molar-refractivity contribution in [2.24, 2.45) is 7.05 Å². The number of halogens is 1. The van der Waals surface area contributed by atoms with E-state index in [1.165, 1.54) is 16.8 Å². The number of carbonyl (C=O) groups is 2. The Labute approximate surface area is 168 Å². The van der Waals surface area contributed by atoms with Gasteiger partial charge in [0.05, 0.1) is 6.61 Å². The fourth-order valence-corrected chi connectivity index (χ4v) is 3.70. The molecule has 1 amide bonds. The number of hydrogen-bond donors (Lipinski definition) is 2. The van der Waals surface area contributed by atoms with Crippen molar-refractivity contribution in [2.45, 2.75) is 25.2 Å². The first kappa shape index (κ1) is 21.9. The lowest BCUT2D eigenvalue weighted by Crippen LogP contribution is -2.27. The van der Waals surface area contributed by atoms with Crippen LogP contribution in [0.2, 0.25) is 5.02 Å². The minimum Gasteiger partial charge on any atom is -0.461 e. The maximum Gasteiger partial charge on any atom is 0.354 e. The molecule has 0 saturated carbocycles. The van der Waals surface area contributed by atoms with Gasteiger partial charge in [-0.05, 0) is 37.6 Å². The van der Waals surface area contributed by atoms with Crippen molar-refractivity contribution in [3.05, 3.63) is 46.7 Å². The molecular formula is C18H22ClN3O5S. The second-order valence-corrected chi connectivity index (χ2v) is 8.17. The van der Waals surface area contributed by atoms with Crippen LogP contribution in [0.5, 0.6) is 0 Å². The molecule has 1 heterocycles. The molecule has 2 aromatic rings. The Morgan fingerprint density at radius 3 is 2.68 bits per heavy atom. The van der Waals surface area contributed by atoms with Crippen LogP contribution in [-0.4, -0.2) is 38.0 Å². The number of hydrogen-bond acceptors (Lipinski definition) is 5. The average molecular weight is 428 g/mol. The zero-order valence-corrected chi connectivity index (χ0v) is 17.4. The lowest BCUT2D eigenvalue weighted by molar-refractivity contribution is -0.116. The fourth-order valence-electron chi connectivity index (χ4n) is 2.43. The number of ether oxygens (including phenoxy) is 1. The summed E-state index contributed by atoms with van der Waals surface area (Å²) in [6, 6.07) is 6.37. The van der Waals surface area contributed by atoms with Crippen molar-refractivity contribution in [1.29, 1.82) is 0 Å². The predicted molar refractivity (Wildman–Crippen MR) is 106 cm³/mol. The number of benzene rings is 1. The quantitative estimate of drug-likeness (QED) is 0.629. The summed E-state index contributed by atoms with van der Waals surface area (Å²) in [5, 5.41) is 3.22. The Balaban J connectivity index is 1.96. The van der Waals surface area contributed by atoms with Gasteiger partial charge in [-0.3, -0.25) is 4.79 Å². The number of sulfonamides is 1. The van der Waals surface area contributed by atoms with E-state index >= 15 is 0 Å². The van der Waals surface area contributed by atoms with Gasteiger partial charge < -0.3 is 14.6 Å². The molecule has 0 aliphatic rings. The standard InChI is InChI=1S/C18H22ClN3O5S/c1-4-27-18(24)16-10-13(11-22(16)3)28(25,26)20-9-8-17(23)21-15-7-5-6-14(19)12(15)2/h5-7,10-11,20H,4,8-9H2,1-3H3,(H,21,23). The third-order valence-electron chi connectivity index (χ3n) is 3.96. The van der Waals surface area contributed by atoms with E-state index in [1.54, 1.807) is 39.1 Å². The molecule has 0 spiro atoms. The van der Waals surface area contributed by atoms with E-state index in [1.807, 2.05) is 0 Å². The Hall–Kier alpha value is -2.36. The number of aromatic nitrogens is 1. The predicted octanol–water partition coefficient (Wildman–Crippen LogP) is 2.47. The second-order valence-electron chi connectivity index (χ2n) is 6.00. The molecule has 10 heteroatoms. The van der Waals surface area contributed by atoms with E-state index in [0.29, 0.717) is 10.7 Å². The van der Waals surface area contributed by atoms with Crippen LogP contribution in [0.1, 0.15) is 29.4 Å². The first-order chi connectivity index (χ1) is 13.2. The topological polar surface area (TPSA) is 106 Å². The molecular weight excluding hydrogens is 406 g/mol. The summed E-state index contributed by atoms with van der Waals surface area (Å²) in [6.07, 6.45) is 1.24. The van der Waals surface area contributed by atoms with Crippen LogP contribution < -0.4 is 10.0 Å². The minimum atomic E-state index is -3.87. The van der Waals surface area contributed by atoms with Gasteiger partial charge >= 0.3 is 5.97 Å². The SMILES string of the molecule is CCOC(=O)c1cc(S(=O)(=O)NCCC(=O)Nc2cccc(Cl)c2C)cn1C. The summed E-state index contributed by atoms with van der Waals surface area (Å²) in [5.74, 6) is -0.962. The van der Waals surface area contributed by atoms with Gasteiger partial charge in [0.25, 0.3) is 0 Å². The smallest absolute Gasteiger partial charge is 0.354 e. The zero-order chi connectivity index (χ0) is 20.9. The molecule has 2 N–H and O–H groups in total. The van der Waals surface area contributed by atoms with Gasteiger partial charge in [0, 0.05) is 36.9 Å². The monoisotopic (exact) mass is 427 g/mol. The third kappa shape index (κ3) is 5.34. The Morgan fingerprint density at radius 1 is 1.29 bits per heavy atom. The summed E-state index contributed by atoms with van der Waals surface area (Å²) < 4.78 is 33.4. The second kappa shape index (κ2) is 9.22. The van der Waals surface area contributed by atoms with Crippen molar-refractivity contribution < 1.29 is 22.7 Å². The number of carbonyl (C=O) groups excluding carboxylic acids is 2. The van der Waals surface area contributed by atoms with Crippen LogP contribution >= 0.6 is 11.6 Å². The number of nitrogens with zero attached hydrogens (tertiary/aromatic N) is 1. The summed E-state index contributed by atoms with van der Waals surface area (Å²) >= 11 is 6.01. The van der Waals surface area contributed by atoms with Crippen molar-refractivity contribution >= 4 is 39.2 Å². The third-order valence-corrected chi connectivity index (χ3v) is 5.80. The van der Waals surface area contributed by atoms with Gasteiger partial charge in [0.15, 0.2) is 0 Å². The van der Waals surface area contributed by atoms with Crippen molar-refractivity contribution in [3.8, 4) is 0 Å². The molecule has 1 aromatic carbocycles. The van der Waals surface area contributed by atoms with Crippen LogP contribution in [0.15, 0.2) is 35.4 Å². The Kier molecular flexibility index (Phi) is 7.22. The molecule has 0 aliphatic heterocycles. The van der Waals surface area contributed by atoms with E-state index in [-0.39, 0.29) is 36.1 Å². The van der Waals surface area contributed by atoms with Gasteiger partial charge in [-0.2, -0.15) is 0 Å².